The highest BCUT2D eigenvalue weighted by Gasteiger charge is 2.13. The number of imidazole rings is 1. The van der Waals surface area contributed by atoms with Crippen LogP contribution in [0.2, 0.25) is 0 Å². The van der Waals surface area contributed by atoms with E-state index in [1.807, 2.05) is 0 Å². The summed E-state index contributed by atoms with van der Waals surface area (Å²) in [5, 5.41) is 8.91. The summed E-state index contributed by atoms with van der Waals surface area (Å²) in [7, 11) is 0. The maximum atomic E-state index is 11.5. The van der Waals surface area contributed by atoms with Gasteiger partial charge in [-0.2, -0.15) is 0 Å². The van der Waals surface area contributed by atoms with Crippen LogP contribution in [0.4, 0.5) is 0 Å². The van der Waals surface area contributed by atoms with E-state index in [1.165, 1.54) is 6.20 Å². The number of nitrogens with one attached hydrogen (secondary N) is 1. The van der Waals surface area contributed by atoms with Crippen molar-refractivity contribution in [2.24, 2.45) is 0 Å². The number of H-pyrrole nitrogens is 1. The summed E-state index contributed by atoms with van der Waals surface area (Å²) in [6.07, 6.45) is 1.17. The Balaban J connectivity index is 2.63. The maximum absolute atomic E-state index is 11.5. The van der Waals surface area contributed by atoms with Crippen molar-refractivity contribution in [1.29, 1.82) is 0 Å². The minimum Gasteiger partial charge on any atom is -0.477 e. The first-order valence-electron chi connectivity index (χ1n) is 4.39. The van der Waals surface area contributed by atoms with E-state index in [1.54, 1.807) is 24.3 Å². The lowest BCUT2D eigenvalue weighted by molar-refractivity contribution is 0.0688. The zero-order valence-electron chi connectivity index (χ0n) is 7.98. The average Bonchev–Trinajstić information content (AvgIpc) is 2.62. The van der Waals surface area contributed by atoms with E-state index in [0.29, 0.717) is 5.69 Å². The molecule has 0 unspecified atom stereocenters. The number of hydrogen-bond acceptors (Lipinski definition) is 2. The Morgan fingerprint density at radius 3 is 2.50 bits per heavy atom. The summed E-state index contributed by atoms with van der Waals surface area (Å²) >= 11 is 3.26. The Bertz CT molecular complexity index is 583. The van der Waals surface area contributed by atoms with E-state index >= 15 is 0 Å². The van der Waals surface area contributed by atoms with Crippen LogP contribution in [0.3, 0.4) is 0 Å². The largest absolute Gasteiger partial charge is 0.477 e. The number of carboxylic acids is 1. The smallest absolute Gasteiger partial charge is 0.354 e. The van der Waals surface area contributed by atoms with Crippen molar-refractivity contribution in [3.8, 4) is 5.69 Å². The van der Waals surface area contributed by atoms with Crippen molar-refractivity contribution >= 4 is 21.9 Å². The molecule has 0 aliphatic carbocycles. The van der Waals surface area contributed by atoms with E-state index < -0.39 is 11.7 Å². The van der Waals surface area contributed by atoms with Gasteiger partial charge in [0.15, 0.2) is 5.69 Å². The van der Waals surface area contributed by atoms with Gasteiger partial charge in [-0.1, -0.05) is 15.9 Å². The number of nitrogens with zero attached hydrogens (tertiary/aromatic N) is 1. The monoisotopic (exact) mass is 282 g/mol. The highest BCUT2D eigenvalue weighted by Crippen LogP contribution is 2.14. The SMILES string of the molecule is O=C(O)c1c[nH]c(=O)n1-c1ccc(Br)cc1. The molecule has 0 fully saturated rings. The van der Waals surface area contributed by atoms with Gasteiger partial charge in [-0.25, -0.2) is 9.59 Å². The first-order chi connectivity index (χ1) is 7.59. The molecule has 0 atom stereocenters. The third-order valence-electron chi connectivity index (χ3n) is 2.08. The number of carbonyl (C=O) groups is 1. The number of carboxylic acid groups (broad SMARTS) is 1. The second-order valence-electron chi connectivity index (χ2n) is 3.10. The molecular formula is C10H7BrN2O3. The molecule has 0 bridgehead atoms. The third kappa shape index (κ3) is 1.79. The van der Waals surface area contributed by atoms with Crippen LogP contribution in [0, 0.1) is 0 Å². The molecule has 82 valence electrons. The minimum absolute atomic E-state index is 0.0904. The molecule has 1 heterocycles. The molecule has 0 radical (unpaired) electrons. The Morgan fingerprint density at radius 2 is 1.94 bits per heavy atom. The van der Waals surface area contributed by atoms with Gasteiger partial charge in [-0.05, 0) is 24.3 Å². The number of hydrogen-bond donors (Lipinski definition) is 2. The van der Waals surface area contributed by atoms with Crippen LogP contribution in [0.1, 0.15) is 10.5 Å². The molecule has 0 aliphatic rings. The lowest BCUT2D eigenvalue weighted by Crippen LogP contribution is -2.18. The molecule has 0 amide bonds. The van der Waals surface area contributed by atoms with Gasteiger partial charge in [0.25, 0.3) is 0 Å². The van der Waals surface area contributed by atoms with E-state index in [9.17, 15) is 9.59 Å². The fourth-order valence-electron chi connectivity index (χ4n) is 1.37. The fourth-order valence-corrected chi connectivity index (χ4v) is 1.64. The van der Waals surface area contributed by atoms with E-state index in [2.05, 4.69) is 20.9 Å². The zero-order valence-corrected chi connectivity index (χ0v) is 9.56. The summed E-state index contributed by atoms with van der Waals surface area (Å²) in [4.78, 5) is 24.7. The van der Waals surface area contributed by atoms with E-state index in [-0.39, 0.29) is 5.69 Å². The van der Waals surface area contributed by atoms with Crippen molar-refractivity contribution in [2.45, 2.75) is 0 Å². The van der Waals surface area contributed by atoms with Crippen molar-refractivity contribution in [2.75, 3.05) is 0 Å². The number of halogens is 1. The topological polar surface area (TPSA) is 75.1 Å². The number of aromatic amines is 1. The zero-order chi connectivity index (χ0) is 11.7. The molecule has 2 aromatic rings. The number of benzene rings is 1. The van der Waals surface area contributed by atoms with Crippen molar-refractivity contribution in [3.05, 3.63) is 51.1 Å². The highest BCUT2D eigenvalue weighted by molar-refractivity contribution is 9.10. The molecule has 5 nitrogen and oxygen atoms in total. The molecule has 16 heavy (non-hydrogen) atoms. The molecule has 0 saturated heterocycles. The summed E-state index contributed by atoms with van der Waals surface area (Å²) in [5.41, 5.74) is -0.0566. The number of aromatic nitrogens is 2. The molecule has 1 aromatic carbocycles. The van der Waals surface area contributed by atoms with Gasteiger partial charge in [-0.3, -0.25) is 4.57 Å². The van der Waals surface area contributed by atoms with Crippen LogP contribution in [-0.4, -0.2) is 20.6 Å². The average molecular weight is 283 g/mol. The second kappa shape index (κ2) is 3.97. The molecule has 2 rings (SSSR count). The Hall–Kier alpha value is -1.82. The maximum Gasteiger partial charge on any atom is 0.354 e. The fraction of sp³-hybridized carbons (Fsp3) is 0. The van der Waals surface area contributed by atoms with Crippen LogP contribution in [-0.2, 0) is 0 Å². The molecule has 1 aromatic heterocycles. The van der Waals surface area contributed by atoms with Gasteiger partial charge in [0.1, 0.15) is 0 Å². The van der Waals surface area contributed by atoms with Gasteiger partial charge < -0.3 is 10.1 Å². The van der Waals surface area contributed by atoms with Gasteiger partial charge in [0.05, 0.1) is 5.69 Å². The van der Waals surface area contributed by atoms with Gasteiger partial charge in [0, 0.05) is 10.7 Å². The highest BCUT2D eigenvalue weighted by atomic mass is 79.9. The van der Waals surface area contributed by atoms with Crippen molar-refractivity contribution in [3.63, 3.8) is 0 Å². The first kappa shape index (κ1) is 10.7. The second-order valence-corrected chi connectivity index (χ2v) is 4.01. The number of rotatable bonds is 2. The Morgan fingerprint density at radius 1 is 1.31 bits per heavy atom. The lowest BCUT2D eigenvalue weighted by atomic mass is 10.3. The standard InChI is InChI=1S/C10H7BrN2O3/c11-6-1-3-7(4-2-6)13-8(9(14)15)5-12-10(13)16/h1-5H,(H,12,16)(H,14,15). The summed E-state index contributed by atoms with van der Waals surface area (Å²) in [6, 6.07) is 6.79. The van der Waals surface area contributed by atoms with Gasteiger partial charge in [0.2, 0.25) is 0 Å². The summed E-state index contributed by atoms with van der Waals surface area (Å²) < 4.78 is 1.96. The number of aromatic carboxylic acids is 1. The Kier molecular flexibility index (Phi) is 2.66. The van der Waals surface area contributed by atoms with Crippen LogP contribution in [0.15, 0.2) is 39.7 Å². The van der Waals surface area contributed by atoms with Crippen LogP contribution < -0.4 is 5.69 Å². The van der Waals surface area contributed by atoms with E-state index in [4.69, 9.17) is 5.11 Å². The predicted molar refractivity (Wildman–Crippen MR) is 61.0 cm³/mol. The molecular weight excluding hydrogens is 276 g/mol. The Labute approximate surface area is 98.5 Å². The van der Waals surface area contributed by atoms with Gasteiger partial charge in [-0.15, -0.1) is 0 Å². The quantitative estimate of drug-likeness (QED) is 0.879. The summed E-state index contributed by atoms with van der Waals surface area (Å²) in [6.45, 7) is 0. The van der Waals surface area contributed by atoms with Crippen LogP contribution in [0.5, 0.6) is 0 Å². The lowest BCUT2D eigenvalue weighted by Gasteiger charge is -2.03. The van der Waals surface area contributed by atoms with Crippen LogP contribution in [0.25, 0.3) is 5.69 Å². The molecule has 6 heteroatoms. The molecule has 2 N–H and O–H groups in total. The predicted octanol–water partition coefficient (Wildman–Crippen LogP) is 1.63. The molecule has 0 saturated carbocycles. The third-order valence-corrected chi connectivity index (χ3v) is 2.61. The van der Waals surface area contributed by atoms with Crippen molar-refractivity contribution in [1.82, 2.24) is 9.55 Å². The first-order valence-corrected chi connectivity index (χ1v) is 5.18. The molecule has 0 spiro atoms. The normalized spacial score (nSPS) is 10.3. The van der Waals surface area contributed by atoms with E-state index in [0.717, 1.165) is 9.04 Å². The minimum atomic E-state index is -1.15. The summed E-state index contributed by atoms with van der Waals surface area (Å²) in [5.74, 6) is -1.15. The molecule has 0 aliphatic heterocycles. The van der Waals surface area contributed by atoms with Crippen LogP contribution >= 0.6 is 15.9 Å². The van der Waals surface area contributed by atoms with Gasteiger partial charge >= 0.3 is 11.7 Å². The van der Waals surface area contributed by atoms with Crippen molar-refractivity contribution < 1.29 is 9.90 Å².